The van der Waals surface area contributed by atoms with E-state index in [2.05, 4.69) is 0 Å². The molecule has 3 rings (SSSR count). The summed E-state index contributed by atoms with van der Waals surface area (Å²) in [4.78, 5) is 14.2. The average molecular weight is 288 g/mol. The summed E-state index contributed by atoms with van der Waals surface area (Å²) in [5.74, 6) is 0.748. The van der Waals surface area contributed by atoms with Gasteiger partial charge in [-0.1, -0.05) is 18.9 Å². The fourth-order valence-corrected chi connectivity index (χ4v) is 3.70. The molecule has 1 aliphatic carbocycles. The molecule has 0 aromatic heterocycles. The van der Waals surface area contributed by atoms with Crippen molar-refractivity contribution in [1.29, 1.82) is 0 Å². The van der Waals surface area contributed by atoms with Crippen LogP contribution in [0, 0.1) is 5.41 Å². The van der Waals surface area contributed by atoms with Crippen LogP contribution in [0.1, 0.15) is 38.5 Å². The van der Waals surface area contributed by atoms with E-state index in [0.717, 1.165) is 25.9 Å². The van der Waals surface area contributed by atoms with Crippen LogP contribution in [0.25, 0.3) is 0 Å². The predicted octanol–water partition coefficient (Wildman–Crippen LogP) is 2.83. The van der Waals surface area contributed by atoms with Gasteiger partial charge in [0.25, 0.3) is 5.91 Å². The summed E-state index contributed by atoms with van der Waals surface area (Å²) in [5.41, 5.74) is 6.90. The number of benzene rings is 1. The molecule has 1 amide bonds. The van der Waals surface area contributed by atoms with Crippen molar-refractivity contribution < 1.29 is 9.53 Å². The molecule has 1 spiro atoms. The third-order valence-corrected chi connectivity index (χ3v) is 5.06. The summed E-state index contributed by atoms with van der Waals surface area (Å²) >= 11 is 0. The SMILES string of the molecule is Nc1cccc(OCC(=O)N2CCC3(CCCC3)CC2)c1. The van der Waals surface area contributed by atoms with E-state index >= 15 is 0 Å². The van der Waals surface area contributed by atoms with Crippen molar-refractivity contribution in [2.45, 2.75) is 38.5 Å². The highest BCUT2D eigenvalue weighted by atomic mass is 16.5. The van der Waals surface area contributed by atoms with Crippen molar-refractivity contribution in [2.24, 2.45) is 5.41 Å². The molecule has 1 aliphatic heterocycles. The molecule has 1 saturated carbocycles. The highest BCUT2D eigenvalue weighted by Gasteiger charge is 2.37. The van der Waals surface area contributed by atoms with E-state index in [1.165, 1.54) is 25.7 Å². The van der Waals surface area contributed by atoms with Gasteiger partial charge >= 0.3 is 0 Å². The van der Waals surface area contributed by atoms with Crippen molar-refractivity contribution in [3.8, 4) is 5.75 Å². The number of likely N-dealkylation sites (tertiary alicyclic amines) is 1. The Morgan fingerprint density at radius 3 is 2.57 bits per heavy atom. The summed E-state index contributed by atoms with van der Waals surface area (Å²) < 4.78 is 5.55. The summed E-state index contributed by atoms with van der Waals surface area (Å²) in [7, 11) is 0. The Kier molecular flexibility index (Phi) is 4.04. The van der Waals surface area contributed by atoms with E-state index in [-0.39, 0.29) is 12.5 Å². The van der Waals surface area contributed by atoms with E-state index < -0.39 is 0 Å². The van der Waals surface area contributed by atoms with Crippen LogP contribution in [0.15, 0.2) is 24.3 Å². The fourth-order valence-electron chi connectivity index (χ4n) is 3.70. The second-order valence-electron chi connectivity index (χ2n) is 6.45. The van der Waals surface area contributed by atoms with Crippen molar-refractivity contribution in [3.05, 3.63) is 24.3 Å². The number of hydrogen-bond acceptors (Lipinski definition) is 3. The van der Waals surface area contributed by atoms with Gasteiger partial charge < -0.3 is 15.4 Å². The van der Waals surface area contributed by atoms with Crippen LogP contribution in [-0.2, 0) is 4.79 Å². The van der Waals surface area contributed by atoms with Crippen LogP contribution in [-0.4, -0.2) is 30.5 Å². The molecular weight excluding hydrogens is 264 g/mol. The Bertz CT molecular complexity index is 499. The normalized spacial score (nSPS) is 20.7. The third-order valence-electron chi connectivity index (χ3n) is 5.06. The Morgan fingerprint density at radius 2 is 1.90 bits per heavy atom. The van der Waals surface area contributed by atoms with Crippen molar-refractivity contribution in [3.63, 3.8) is 0 Å². The number of hydrogen-bond donors (Lipinski definition) is 1. The number of piperidine rings is 1. The first-order valence-electron chi connectivity index (χ1n) is 7.93. The molecular formula is C17H24N2O2. The van der Waals surface area contributed by atoms with Crippen LogP contribution < -0.4 is 10.5 Å². The molecule has 0 radical (unpaired) electrons. The topological polar surface area (TPSA) is 55.6 Å². The smallest absolute Gasteiger partial charge is 0.260 e. The van der Waals surface area contributed by atoms with Crippen LogP contribution in [0.2, 0.25) is 0 Å². The summed E-state index contributed by atoms with van der Waals surface area (Å²) in [6, 6.07) is 7.21. The molecule has 0 atom stereocenters. The van der Waals surface area contributed by atoms with Gasteiger partial charge in [-0.05, 0) is 43.2 Å². The van der Waals surface area contributed by atoms with Crippen molar-refractivity contribution in [1.82, 2.24) is 4.90 Å². The number of anilines is 1. The van der Waals surface area contributed by atoms with Crippen molar-refractivity contribution >= 4 is 11.6 Å². The minimum absolute atomic E-state index is 0.0882. The van der Waals surface area contributed by atoms with Gasteiger partial charge in [0.2, 0.25) is 0 Å². The van der Waals surface area contributed by atoms with E-state index in [1.807, 2.05) is 17.0 Å². The lowest BCUT2D eigenvalue weighted by molar-refractivity contribution is -0.135. The van der Waals surface area contributed by atoms with Gasteiger partial charge in [-0.3, -0.25) is 4.79 Å². The van der Waals surface area contributed by atoms with Crippen molar-refractivity contribution in [2.75, 3.05) is 25.4 Å². The van der Waals surface area contributed by atoms with Gasteiger partial charge in [0.05, 0.1) is 0 Å². The first kappa shape index (κ1) is 14.2. The number of nitrogens with two attached hydrogens (primary N) is 1. The zero-order chi connectivity index (χ0) is 14.7. The quantitative estimate of drug-likeness (QED) is 0.870. The number of carbonyl (C=O) groups excluding carboxylic acids is 1. The lowest BCUT2D eigenvalue weighted by atomic mass is 9.77. The third kappa shape index (κ3) is 3.31. The maximum Gasteiger partial charge on any atom is 0.260 e. The molecule has 21 heavy (non-hydrogen) atoms. The van der Waals surface area contributed by atoms with Gasteiger partial charge in [-0.2, -0.15) is 0 Å². The van der Waals surface area contributed by atoms with Crippen LogP contribution in [0.4, 0.5) is 5.69 Å². The minimum atomic E-state index is 0.0882. The van der Waals surface area contributed by atoms with E-state index in [9.17, 15) is 4.79 Å². The molecule has 0 unspecified atom stereocenters. The molecule has 2 fully saturated rings. The number of carbonyl (C=O) groups is 1. The maximum atomic E-state index is 12.2. The molecule has 114 valence electrons. The van der Waals surface area contributed by atoms with Crippen LogP contribution in [0.5, 0.6) is 5.75 Å². The van der Waals surface area contributed by atoms with Gasteiger partial charge in [-0.25, -0.2) is 0 Å². The fraction of sp³-hybridized carbons (Fsp3) is 0.588. The minimum Gasteiger partial charge on any atom is -0.484 e. The first-order valence-corrected chi connectivity index (χ1v) is 7.93. The summed E-state index contributed by atoms with van der Waals surface area (Å²) in [5, 5.41) is 0. The monoisotopic (exact) mass is 288 g/mol. The Hall–Kier alpha value is -1.71. The maximum absolute atomic E-state index is 12.2. The molecule has 1 aromatic rings. The largest absolute Gasteiger partial charge is 0.484 e. The molecule has 1 heterocycles. The summed E-state index contributed by atoms with van der Waals surface area (Å²) in [6.07, 6.45) is 7.77. The zero-order valence-electron chi connectivity index (χ0n) is 12.5. The molecule has 4 nitrogen and oxygen atoms in total. The predicted molar refractivity (Wildman–Crippen MR) is 83.1 cm³/mol. The van der Waals surface area contributed by atoms with Gasteiger partial charge in [0.1, 0.15) is 5.75 Å². The Morgan fingerprint density at radius 1 is 1.19 bits per heavy atom. The number of amides is 1. The van der Waals surface area contributed by atoms with Crippen LogP contribution in [0.3, 0.4) is 0 Å². The Labute approximate surface area is 126 Å². The number of nitrogen functional groups attached to an aromatic ring is 1. The number of ether oxygens (including phenoxy) is 1. The highest BCUT2D eigenvalue weighted by molar-refractivity contribution is 5.77. The zero-order valence-corrected chi connectivity index (χ0v) is 12.5. The van der Waals surface area contributed by atoms with Crippen LogP contribution >= 0.6 is 0 Å². The standard InChI is InChI=1S/C17H24N2O2/c18-14-4-3-5-15(12-14)21-13-16(20)19-10-8-17(9-11-19)6-1-2-7-17/h3-5,12H,1-2,6-11,13,18H2. The molecule has 1 saturated heterocycles. The molecule has 4 heteroatoms. The van der Waals surface area contributed by atoms with E-state index in [4.69, 9.17) is 10.5 Å². The average Bonchev–Trinajstić information content (AvgIpc) is 2.94. The van der Waals surface area contributed by atoms with E-state index in [0.29, 0.717) is 16.9 Å². The van der Waals surface area contributed by atoms with E-state index in [1.54, 1.807) is 12.1 Å². The second kappa shape index (κ2) is 5.96. The second-order valence-corrected chi connectivity index (χ2v) is 6.45. The number of nitrogens with zero attached hydrogens (tertiary/aromatic N) is 1. The van der Waals surface area contributed by atoms with Gasteiger partial charge in [0.15, 0.2) is 6.61 Å². The number of rotatable bonds is 3. The lowest BCUT2D eigenvalue weighted by Crippen LogP contribution is -2.44. The summed E-state index contributed by atoms with van der Waals surface area (Å²) in [6.45, 7) is 1.88. The molecule has 2 aliphatic rings. The lowest BCUT2D eigenvalue weighted by Gasteiger charge is -2.39. The van der Waals surface area contributed by atoms with Gasteiger partial charge in [0, 0.05) is 24.8 Å². The highest BCUT2D eigenvalue weighted by Crippen LogP contribution is 2.46. The Balaban J connectivity index is 1.48. The molecule has 0 bridgehead atoms. The molecule has 2 N–H and O–H groups in total. The molecule has 1 aromatic carbocycles. The van der Waals surface area contributed by atoms with Gasteiger partial charge in [-0.15, -0.1) is 0 Å². The first-order chi connectivity index (χ1) is 10.2.